The SMILES string of the molecule is COc1ccc(C(=O)c2c(O)c(O)n(-c3ccc(OC(F)(F)F)cc3)c2-c2ccc(F)cc2)cc1. The first-order chi connectivity index (χ1) is 16.6. The summed E-state index contributed by atoms with van der Waals surface area (Å²) in [5, 5.41) is 21.5. The Bertz CT molecular complexity index is 1360. The quantitative estimate of drug-likeness (QED) is 0.264. The fraction of sp³-hybridized carbons (Fsp3) is 0.0800. The summed E-state index contributed by atoms with van der Waals surface area (Å²) >= 11 is 0. The van der Waals surface area contributed by atoms with E-state index in [1.54, 1.807) is 0 Å². The molecule has 3 aromatic carbocycles. The lowest BCUT2D eigenvalue weighted by molar-refractivity contribution is -0.274. The van der Waals surface area contributed by atoms with E-state index in [-0.39, 0.29) is 28.1 Å². The van der Waals surface area contributed by atoms with E-state index >= 15 is 0 Å². The predicted molar refractivity (Wildman–Crippen MR) is 118 cm³/mol. The molecule has 1 heterocycles. The monoisotopic (exact) mass is 487 g/mol. The number of halogens is 4. The van der Waals surface area contributed by atoms with Gasteiger partial charge in [-0.25, -0.2) is 4.39 Å². The molecule has 0 aliphatic heterocycles. The summed E-state index contributed by atoms with van der Waals surface area (Å²) in [7, 11) is 1.46. The Balaban J connectivity index is 1.90. The fourth-order valence-corrected chi connectivity index (χ4v) is 3.58. The van der Waals surface area contributed by atoms with Gasteiger partial charge in [0.25, 0.3) is 0 Å². The lowest BCUT2D eigenvalue weighted by Gasteiger charge is -2.14. The molecule has 1 aromatic heterocycles. The van der Waals surface area contributed by atoms with Crippen molar-refractivity contribution >= 4 is 5.78 Å². The number of benzene rings is 3. The maximum absolute atomic E-state index is 13.6. The zero-order valence-electron chi connectivity index (χ0n) is 18.0. The molecule has 4 rings (SSSR count). The Labute approximate surface area is 196 Å². The summed E-state index contributed by atoms with van der Waals surface area (Å²) < 4.78 is 61.2. The number of rotatable bonds is 6. The number of carbonyl (C=O) groups excluding carboxylic acids is 1. The van der Waals surface area contributed by atoms with Gasteiger partial charge in [-0.05, 0) is 78.4 Å². The van der Waals surface area contributed by atoms with Gasteiger partial charge in [0, 0.05) is 11.3 Å². The zero-order chi connectivity index (χ0) is 25.3. The van der Waals surface area contributed by atoms with E-state index in [9.17, 15) is 32.6 Å². The van der Waals surface area contributed by atoms with E-state index in [4.69, 9.17) is 4.74 Å². The summed E-state index contributed by atoms with van der Waals surface area (Å²) in [5.74, 6) is -2.71. The van der Waals surface area contributed by atoms with Crippen LogP contribution >= 0.6 is 0 Å². The molecule has 0 amide bonds. The molecule has 2 N–H and O–H groups in total. The number of hydrogen-bond acceptors (Lipinski definition) is 5. The second-order valence-electron chi connectivity index (χ2n) is 7.34. The van der Waals surface area contributed by atoms with Crippen molar-refractivity contribution in [2.24, 2.45) is 0 Å². The number of hydrogen-bond donors (Lipinski definition) is 2. The van der Waals surface area contributed by atoms with Gasteiger partial charge in [0.1, 0.15) is 17.3 Å². The largest absolute Gasteiger partial charge is 0.573 e. The number of carbonyl (C=O) groups is 1. The van der Waals surface area contributed by atoms with Crippen LogP contribution in [0.4, 0.5) is 17.6 Å². The highest BCUT2D eigenvalue weighted by Crippen LogP contribution is 2.44. The van der Waals surface area contributed by atoms with Crippen molar-refractivity contribution in [2.75, 3.05) is 7.11 Å². The van der Waals surface area contributed by atoms with Crippen LogP contribution in [0.3, 0.4) is 0 Å². The molecule has 0 spiro atoms. The highest BCUT2D eigenvalue weighted by molar-refractivity contribution is 6.15. The lowest BCUT2D eigenvalue weighted by atomic mass is 9.99. The summed E-state index contributed by atoms with van der Waals surface area (Å²) in [6, 6.07) is 15.4. The molecule has 10 heteroatoms. The molecule has 0 aliphatic carbocycles. The molecule has 0 radical (unpaired) electrons. The maximum Gasteiger partial charge on any atom is 0.573 e. The van der Waals surface area contributed by atoms with Crippen molar-refractivity contribution in [2.45, 2.75) is 6.36 Å². The molecule has 0 atom stereocenters. The van der Waals surface area contributed by atoms with E-state index < -0.39 is 35.3 Å². The van der Waals surface area contributed by atoms with Gasteiger partial charge < -0.3 is 19.7 Å². The average molecular weight is 487 g/mol. The van der Waals surface area contributed by atoms with Crippen molar-refractivity contribution in [1.29, 1.82) is 0 Å². The van der Waals surface area contributed by atoms with Crippen molar-refractivity contribution in [3.8, 4) is 40.1 Å². The molecule has 0 fully saturated rings. The van der Waals surface area contributed by atoms with Gasteiger partial charge in [-0.3, -0.25) is 9.36 Å². The first kappa shape index (κ1) is 23.7. The molecule has 0 aliphatic rings. The number of alkyl halides is 3. The van der Waals surface area contributed by atoms with Crippen LogP contribution in [0.2, 0.25) is 0 Å². The standard InChI is InChI=1S/C25H17F4NO5/c1-34-18-10-4-15(5-11-18)22(31)20-21(14-2-6-16(26)7-3-14)30(24(33)23(20)32)17-8-12-19(13-9-17)35-25(27,28)29/h2-13,32-33H,1H3. The van der Waals surface area contributed by atoms with Crippen LogP contribution in [0.15, 0.2) is 72.8 Å². The molecular formula is C25H17F4NO5. The number of aromatic hydroxyl groups is 2. The summed E-state index contributed by atoms with van der Waals surface area (Å²) in [5.41, 5.74) is 0.255. The third-order valence-electron chi connectivity index (χ3n) is 5.15. The number of aromatic nitrogens is 1. The van der Waals surface area contributed by atoms with Gasteiger partial charge in [0.05, 0.1) is 18.4 Å². The first-order valence-corrected chi connectivity index (χ1v) is 10.1. The van der Waals surface area contributed by atoms with E-state index in [0.29, 0.717) is 5.75 Å². The molecule has 0 bridgehead atoms. The Hall–Kier alpha value is -4.47. The predicted octanol–water partition coefficient (Wildman–Crippen LogP) is 5.83. The van der Waals surface area contributed by atoms with E-state index in [1.807, 2.05) is 0 Å². The second-order valence-corrected chi connectivity index (χ2v) is 7.34. The third kappa shape index (κ3) is 4.77. The van der Waals surface area contributed by atoms with Crippen molar-refractivity contribution in [3.05, 3.63) is 89.7 Å². The number of ketones is 1. The summed E-state index contributed by atoms with van der Waals surface area (Å²) in [4.78, 5) is 13.4. The normalized spacial score (nSPS) is 11.3. The molecule has 4 aromatic rings. The lowest BCUT2D eigenvalue weighted by Crippen LogP contribution is -2.17. The summed E-state index contributed by atoms with van der Waals surface area (Å²) in [6.07, 6.45) is -4.90. The van der Waals surface area contributed by atoms with Crippen LogP contribution in [-0.4, -0.2) is 34.0 Å². The Morgan fingerprint density at radius 2 is 1.43 bits per heavy atom. The minimum absolute atomic E-state index is 0.00491. The molecular weight excluding hydrogens is 470 g/mol. The van der Waals surface area contributed by atoms with Crippen LogP contribution in [0.25, 0.3) is 16.9 Å². The van der Waals surface area contributed by atoms with Crippen LogP contribution in [0.5, 0.6) is 23.1 Å². The van der Waals surface area contributed by atoms with Gasteiger partial charge in [-0.2, -0.15) is 0 Å². The summed E-state index contributed by atoms with van der Waals surface area (Å²) in [6.45, 7) is 0. The molecule has 6 nitrogen and oxygen atoms in total. The van der Waals surface area contributed by atoms with Crippen LogP contribution in [0.1, 0.15) is 15.9 Å². The van der Waals surface area contributed by atoms with Crippen molar-refractivity contribution in [1.82, 2.24) is 4.57 Å². The van der Waals surface area contributed by atoms with Crippen LogP contribution in [-0.2, 0) is 0 Å². The topological polar surface area (TPSA) is 80.9 Å². The van der Waals surface area contributed by atoms with Gasteiger partial charge in [0.2, 0.25) is 5.88 Å². The number of methoxy groups -OCH3 is 1. The van der Waals surface area contributed by atoms with Gasteiger partial charge in [-0.15, -0.1) is 13.2 Å². The van der Waals surface area contributed by atoms with Crippen LogP contribution < -0.4 is 9.47 Å². The molecule has 180 valence electrons. The molecule has 35 heavy (non-hydrogen) atoms. The van der Waals surface area contributed by atoms with E-state index in [1.165, 1.54) is 55.6 Å². The minimum Gasteiger partial charge on any atom is -0.503 e. The van der Waals surface area contributed by atoms with Crippen molar-refractivity contribution in [3.63, 3.8) is 0 Å². The van der Waals surface area contributed by atoms with Crippen molar-refractivity contribution < 1.29 is 42.0 Å². The Morgan fingerprint density at radius 1 is 0.857 bits per heavy atom. The zero-order valence-corrected chi connectivity index (χ0v) is 18.0. The molecule has 0 saturated carbocycles. The fourth-order valence-electron chi connectivity index (χ4n) is 3.58. The number of ether oxygens (including phenoxy) is 2. The van der Waals surface area contributed by atoms with Gasteiger partial charge in [-0.1, -0.05) is 0 Å². The molecule has 0 saturated heterocycles. The Morgan fingerprint density at radius 3 is 1.97 bits per heavy atom. The minimum atomic E-state index is -4.90. The second kappa shape index (κ2) is 9.05. The number of nitrogens with zero attached hydrogens (tertiary/aromatic N) is 1. The highest BCUT2D eigenvalue weighted by atomic mass is 19.4. The van der Waals surface area contributed by atoms with Crippen LogP contribution in [0, 0.1) is 5.82 Å². The van der Waals surface area contributed by atoms with E-state index in [0.717, 1.165) is 28.8 Å². The third-order valence-corrected chi connectivity index (χ3v) is 5.15. The highest BCUT2D eigenvalue weighted by Gasteiger charge is 2.32. The first-order valence-electron chi connectivity index (χ1n) is 10.1. The smallest absolute Gasteiger partial charge is 0.503 e. The van der Waals surface area contributed by atoms with Gasteiger partial charge >= 0.3 is 6.36 Å². The Kier molecular flexibility index (Phi) is 6.12. The maximum atomic E-state index is 13.6. The molecule has 0 unspecified atom stereocenters. The van der Waals surface area contributed by atoms with Gasteiger partial charge in [0.15, 0.2) is 11.5 Å². The van der Waals surface area contributed by atoms with E-state index in [2.05, 4.69) is 4.74 Å². The average Bonchev–Trinajstić information content (AvgIpc) is 3.09.